The number of hydrogen-bond acceptors (Lipinski definition) is 9. The minimum absolute atomic E-state index is 0.0517. The molecule has 3 N–H and O–H groups in total. The second-order valence-electron chi connectivity index (χ2n) is 10.4. The second-order valence-corrected chi connectivity index (χ2v) is 11.4. The molecule has 2 aromatic heterocycles. The molecule has 2 fully saturated rings. The minimum Gasteiger partial charge on any atom is -0.496 e. The predicted molar refractivity (Wildman–Crippen MR) is 152 cm³/mol. The number of primary amides is 1. The van der Waals surface area contributed by atoms with E-state index < -0.39 is 23.5 Å². The summed E-state index contributed by atoms with van der Waals surface area (Å²) in [5, 5.41) is 3.44. The van der Waals surface area contributed by atoms with E-state index in [1.54, 1.807) is 14.0 Å². The van der Waals surface area contributed by atoms with Gasteiger partial charge in [0.2, 0.25) is 18.2 Å². The van der Waals surface area contributed by atoms with Crippen molar-refractivity contribution in [3.05, 3.63) is 53.4 Å². The summed E-state index contributed by atoms with van der Waals surface area (Å²) in [7, 11) is 1.59. The van der Waals surface area contributed by atoms with Crippen molar-refractivity contribution in [2.75, 3.05) is 31.8 Å². The number of thiophene rings is 1. The van der Waals surface area contributed by atoms with Gasteiger partial charge in [-0.05, 0) is 44.2 Å². The zero-order chi connectivity index (χ0) is 29.0. The van der Waals surface area contributed by atoms with Crippen LogP contribution in [0.1, 0.15) is 59.7 Å². The highest BCUT2D eigenvalue weighted by atomic mass is 32.1. The molecule has 3 heterocycles. The highest BCUT2D eigenvalue weighted by Crippen LogP contribution is 2.44. The molecule has 1 saturated heterocycles. The molecule has 0 bridgehead atoms. The van der Waals surface area contributed by atoms with Gasteiger partial charge in [-0.15, -0.1) is 11.3 Å². The lowest BCUT2D eigenvalue weighted by Gasteiger charge is -2.31. The van der Waals surface area contributed by atoms with Crippen LogP contribution in [-0.4, -0.2) is 61.7 Å². The average Bonchev–Trinajstić information content (AvgIpc) is 3.33. The number of anilines is 1. The fraction of sp³-hybridized carbons (Fsp3) is 0.448. The van der Waals surface area contributed by atoms with Crippen LogP contribution in [-0.2, 0) is 19.1 Å². The smallest absolute Gasteiger partial charge is 0.255 e. The Morgan fingerprint density at radius 2 is 2.05 bits per heavy atom. The number of para-hydroxylation sites is 1. The first kappa shape index (κ1) is 28.8. The molecule has 1 aliphatic carbocycles. The summed E-state index contributed by atoms with van der Waals surface area (Å²) in [5.74, 6) is 0.108. The Morgan fingerprint density at radius 1 is 1.29 bits per heavy atom. The van der Waals surface area contributed by atoms with Crippen molar-refractivity contribution in [3.63, 3.8) is 0 Å². The van der Waals surface area contributed by atoms with Crippen molar-refractivity contribution in [2.45, 2.75) is 56.8 Å². The minimum atomic E-state index is -0.671. The standard InChI is InChI=1S/C29H34N4O7S/c1-18-24(26(36)32-29(9-10-29)15-23(30)35)28(41-25(18)27-31-11-14-39-27)33(17-34)16-22(40-19-7-12-38-13-8-19)20-5-3-4-6-21(20)37-2/h3-6,11,14,17,19,22H,7-10,12-13,15-16H2,1-2H3,(H2,30,35)(H,32,36). The van der Waals surface area contributed by atoms with Gasteiger partial charge in [-0.25, -0.2) is 4.98 Å². The van der Waals surface area contributed by atoms with Gasteiger partial charge < -0.3 is 34.6 Å². The summed E-state index contributed by atoms with van der Waals surface area (Å²) >= 11 is 1.24. The maximum atomic E-state index is 13.8. The second kappa shape index (κ2) is 12.4. The number of ether oxygens (including phenoxy) is 3. The number of amides is 3. The van der Waals surface area contributed by atoms with Crippen molar-refractivity contribution < 1.29 is 33.0 Å². The number of benzene rings is 1. The molecular weight excluding hydrogens is 548 g/mol. The van der Waals surface area contributed by atoms with Crippen LogP contribution in [0.2, 0.25) is 0 Å². The number of nitrogens with zero attached hydrogens (tertiary/aromatic N) is 2. The molecule has 11 nitrogen and oxygen atoms in total. The number of carbonyl (C=O) groups is 3. The van der Waals surface area contributed by atoms with Gasteiger partial charge in [0.1, 0.15) is 23.1 Å². The molecule has 0 spiro atoms. The molecule has 1 atom stereocenters. The largest absolute Gasteiger partial charge is 0.496 e. The Balaban J connectivity index is 1.52. The van der Waals surface area contributed by atoms with Gasteiger partial charge in [-0.3, -0.25) is 14.4 Å². The van der Waals surface area contributed by atoms with Gasteiger partial charge in [0, 0.05) is 30.7 Å². The van der Waals surface area contributed by atoms with Crippen molar-refractivity contribution in [1.29, 1.82) is 0 Å². The van der Waals surface area contributed by atoms with Crippen LogP contribution < -0.4 is 20.7 Å². The van der Waals surface area contributed by atoms with Crippen LogP contribution in [0.15, 0.2) is 41.1 Å². The summed E-state index contributed by atoms with van der Waals surface area (Å²) in [5.41, 5.74) is 6.50. The topological polar surface area (TPSA) is 146 Å². The summed E-state index contributed by atoms with van der Waals surface area (Å²) in [4.78, 5) is 44.6. The highest BCUT2D eigenvalue weighted by molar-refractivity contribution is 7.20. The van der Waals surface area contributed by atoms with E-state index in [9.17, 15) is 14.4 Å². The monoisotopic (exact) mass is 582 g/mol. The fourth-order valence-corrected chi connectivity index (χ4v) is 6.40. The lowest BCUT2D eigenvalue weighted by molar-refractivity contribution is -0.118. The van der Waals surface area contributed by atoms with Gasteiger partial charge in [0.15, 0.2) is 0 Å². The summed E-state index contributed by atoms with van der Waals surface area (Å²) in [6.07, 6.45) is 5.89. The van der Waals surface area contributed by atoms with Crippen LogP contribution >= 0.6 is 11.3 Å². The van der Waals surface area contributed by atoms with Crippen molar-refractivity contribution >= 4 is 34.6 Å². The summed E-state index contributed by atoms with van der Waals surface area (Å²) in [6.45, 7) is 3.11. The first-order valence-electron chi connectivity index (χ1n) is 13.6. The third-order valence-corrected chi connectivity index (χ3v) is 8.81. The molecule has 0 radical (unpaired) electrons. The maximum absolute atomic E-state index is 13.8. The first-order valence-corrected chi connectivity index (χ1v) is 14.4. The molecule has 3 amide bonds. The number of carbonyl (C=O) groups excluding carboxylic acids is 3. The Morgan fingerprint density at radius 3 is 2.68 bits per heavy atom. The Kier molecular flexibility index (Phi) is 8.71. The van der Waals surface area contributed by atoms with Crippen LogP contribution in [0, 0.1) is 6.92 Å². The van der Waals surface area contributed by atoms with E-state index in [2.05, 4.69) is 10.3 Å². The van der Waals surface area contributed by atoms with Gasteiger partial charge in [0.05, 0.1) is 36.4 Å². The third-order valence-electron chi connectivity index (χ3n) is 7.49. The number of hydrogen-bond donors (Lipinski definition) is 2. The lowest BCUT2D eigenvalue weighted by Crippen LogP contribution is -2.40. The van der Waals surface area contributed by atoms with Crippen molar-refractivity contribution in [3.8, 4) is 16.5 Å². The normalized spacial score (nSPS) is 17.0. The van der Waals surface area contributed by atoms with E-state index in [1.807, 2.05) is 24.3 Å². The Labute approximate surface area is 242 Å². The average molecular weight is 583 g/mol. The predicted octanol–water partition coefficient (Wildman–Crippen LogP) is 3.76. The quantitative estimate of drug-likeness (QED) is 0.290. The number of aromatic nitrogens is 1. The molecule has 1 aliphatic heterocycles. The van der Waals surface area contributed by atoms with E-state index in [-0.39, 0.29) is 19.1 Å². The highest BCUT2D eigenvalue weighted by Gasteiger charge is 2.46. The van der Waals surface area contributed by atoms with E-state index in [0.29, 0.717) is 65.1 Å². The number of nitrogens with two attached hydrogens (primary N) is 1. The zero-order valence-corrected chi connectivity index (χ0v) is 23.9. The molecule has 1 saturated carbocycles. The third kappa shape index (κ3) is 6.45. The molecule has 3 aromatic rings. The van der Waals surface area contributed by atoms with Crippen LogP contribution in [0.5, 0.6) is 5.75 Å². The van der Waals surface area contributed by atoms with Crippen molar-refractivity contribution in [2.24, 2.45) is 5.73 Å². The van der Waals surface area contributed by atoms with Gasteiger partial charge in [0.25, 0.3) is 5.91 Å². The molecule has 5 rings (SSSR count). The molecule has 12 heteroatoms. The molecule has 218 valence electrons. The lowest BCUT2D eigenvalue weighted by atomic mass is 10.1. The van der Waals surface area contributed by atoms with E-state index in [4.69, 9.17) is 24.4 Å². The van der Waals surface area contributed by atoms with Gasteiger partial charge >= 0.3 is 0 Å². The van der Waals surface area contributed by atoms with Crippen molar-refractivity contribution in [1.82, 2.24) is 10.3 Å². The SMILES string of the molecule is COc1ccccc1C(CN(C=O)c1sc(-c2ncco2)c(C)c1C(=O)NC1(CC(N)=O)CC1)OC1CCOCC1. The van der Waals surface area contributed by atoms with Gasteiger partial charge in [-0.1, -0.05) is 18.2 Å². The zero-order valence-electron chi connectivity index (χ0n) is 23.1. The number of oxazole rings is 1. The van der Waals surface area contributed by atoms with Crippen LogP contribution in [0.3, 0.4) is 0 Å². The fourth-order valence-electron chi connectivity index (χ4n) is 5.19. The van der Waals surface area contributed by atoms with Gasteiger partial charge in [-0.2, -0.15) is 0 Å². The molecule has 1 unspecified atom stereocenters. The summed E-state index contributed by atoms with van der Waals surface area (Å²) in [6, 6.07) is 7.53. The Bertz CT molecular complexity index is 1380. The molecule has 2 aliphatic rings. The maximum Gasteiger partial charge on any atom is 0.255 e. The number of rotatable bonds is 13. The molecular formula is C29H34N4O7S. The van der Waals surface area contributed by atoms with E-state index in [1.165, 1.54) is 28.7 Å². The molecule has 41 heavy (non-hydrogen) atoms. The number of nitrogens with one attached hydrogen (secondary N) is 1. The Hall–Kier alpha value is -3.74. The summed E-state index contributed by atoms with van der Waals surface area (Å²) < 4.78 is 23.3. The van der Waals surface area contributed by atoms with Crippen LogP contribution in [0.4, 0.5) is 5.00 Å². The number of methoxy groups -OCH3 is 1. The van der Waals surface area contributed by atoms with Crippen LogP contribution in [0.25, 0.3) is 10.8 Å². The van der Waals surface area contributed by atoms with E-state index in [0.717, 1.165) is 18.4 Å². The van der Waals surface area contributed by atoms with E-state index >= 15 is 0 Å². The first-order chi connectivity index (χ1) is 19.8. The molecule has 1 aromatic carbocycles.